The number of aromatic nitrogens is 2. The highest BCUT2D eigenvalue weighted by Gasteiger charge is 2.10. The minimum Gasteiger partial charge on any atom is -0.287 e. The first kappa shape index (κ1) is 14.7. The Bertz CT molecular complexity index is 778. The Morgan fingerprint density at radius 1 is 0.864 bits per heavy atom. The lowest BCUT2D eigenvalue weighted by Crippen LogP contribution is -1.98. The molecule has 0 unspecified atom stereocenters. The van der Waals surface area contributed by atoms with Gasteiger partial charge < -0.3 is 0 Å². The average molecular weight is 294 g/mol. The molecule has 10 nitrogen and oxygen atoms in total. The van der Waals surface area contributed by atoms with Crippen LogP contribution in [0.5, 0.6) is 0 Å². The van der Waals surface area contributed by atoms with Crippen LogP contribution in [0.3, 0.4) is 0 Å². The zero-order valence-corrected chi connectivity index (χ0v) is 10.9. The van der Waals surface area contributed by atoms with Crippen LogP contribution in [0.1, 0.15) is 20.7 Å². The van der Waals surface area contributed by atoms with Crippen LogP contribution in [0.2, 0.25) is 0 Å². The highest BCUT2D eigenvalue weighted by atomic mass is 16.2. The molecule has 0 saturated heterocycles. The Morgan fingerprint density at radius 2 is 1.27 bits per heavy atom. The number of carbonyl (C=O) groups is 2. The second-order valence-corrected chi connectivity index (χ2v) is 3.85. The molecule has 2 rings (SSSR count). The molecule has 22 heavy (non-hydrogen) atoms. The van der Waals surface area contributed by atoms with Gasteiger partial charge in [0.1, 0.15) is 0 Å². The van der Waals surface area contributed by atoms with Gasteiger partial charge in [-0.1, -0.05) is 0 Å². The summed E-state index contributed by atoms with van der Waals surface area (Å²) >= 11 is 0. The third kappa shape index (κ3) is 3.23. The quantitative estimate of drug-likeness (QED) is 0.483. The molecular formula is C12H6N8O2. The predicted octanol–water partition coefficient (Wildman–Crippen LogP) is 3.04. The Balaban J connectivity index is 2.44. The number of carbonyl (C=O) groups excluding carboxylic acids is 2. The molecule has 0 aliphatic rings. The summed E-state index contributed by atoms with van der Waals surface area (Å²) < 4.78 is 0. The topological polar surface area (TPSA) is 157 Å². The van der Waals surface area contributed by atoms with Crippen molar-refractivity contribution in [3.8, 4) is 11.4 Å². The van der Waals surface area contributed by atoms with E-state index >= 15 is 0 Å². The summed E-state index contributed by atoms with van der Waals surface area (Å²) in [6, 6.07) is 5.52. The summed E-state index contributed by atoms with van der Waals surface area (Å²) in [6.45, 7) is 0. The summed E-state index contributed by atoms with van der Waals surface area (Å²) in [5.74, 6) is -1.51. The number of amides is 2. The maximum absolute atomic E-state index is 11.5. The molecule has 10 heteroatoms. The van der Waals surface area contributed by atoms with Gasteiger partial charge in [-0.3, -0.25) is 19.6 Å². The number of rotatable bonds is 3. The van der Waals surface area contributed by atoms with Crippen LogP contribution in [0, 0.1) is 0 Å². The lowest BCUT2D eigenvalue weighted by molar-refractivity contribution is 0.0992. The lowest BCUT2D eigenvalue weighted by atomic mass is 10.1. The number of hydrogen-bond acceptors (Lipinski definition) is 4. The molecule has 0 bridgehead atoms. The van der Waals surface area contributed by atoms with Crippen LogP contribution in [0.15, 0.2) is 46.9 Å². The molecule has 0 spiro atoms. The van der Waals surface area contributed by atoms with Gasteiger partial charge in [-0.25, -0.2) is 0 Å². The fraction of sp³-hybridized carbons (Fsp3) is 0. The third-order valence-corrected chi connectivity index (χ3v) is 2.55. The Morgan fingerprint density at radius 3 is 1.64 bits per heavy atom. The molecule has 0 atom stereocenters. The van der Waals surface area contributed by atoms with Gasteiger partial charge in [0, 0.05) is 33.3 Å². The van der Waals surface area contributed by atoms with Gasteiger partial charge in [-0.15, -0.1) is 0 Å². The van der Waals surface area contributed by atoms with Crippen LogP contribution >= 0.6 is 0 Å². The monoisotopic (exact) mass is 294 g/mol. The maximum atomic E-state index is 11.5. The second kappa shape index (κ2) is 6.62. The van der Waals surface area contributed by atoms with E-state index in [0.29, 0.717) is 11.4 Å². The molecular weight excluding hydrogens is 288 g/mol. The van der Waals surface area contributed by atoms with Crippen molar-refractivity contribution in [2.75, 3.05) is 0 Å². The summed E-state index contributed by atoms with van der Waals surface area (Å²) in [6.07, 6.45) is 2.69. The van der Waals surface area contributed by atoms with E-state index in [2.05, 4.69) is 30.0 Å². The van der Waals surface area contributed by atoms with E-state index < -0.39 is 11.8 Å². The van der Waals surface area contributed by atoms with Crippen molar-refractivity contribution >= 4 is 11.8 Å². The van der Waals surface area contributed by atoms with Crippen molar-refractivity contribution in [3.63, 3.8) is 0 Å². The van der Waals surface area contributed by atoms with Gasteiger partial charge >= 0.3 is 0 Å². The zero-order chi connectivity index (χ0) is 15.9. The van der Waals surface area contributed by atoms with Gasteiger partial charge in [0.15, 0.2) is 0 Å². The summed E-state index contributed by atoms with van der Waals surface area (Å²) in [7, 11) is 0. The molecule has 2 aromatic heterocycles. The molecule has 2 heterocycles. The van der Waals surface area contributed by atoms with Crippen molar-refractivity contribution < 1.29 is 9.59 Å². The van der Waals surface area contributed by atoms with Gasteiger partial charge in [0.25, 0.3) is 0 Å². The molecule has 0 aromatic carbocycles. The first-order valence-electron chi connectivity index (χ1n) is 5.77. The standard InChI is InChI=1S/C12H6N8O2/c13-19-17-11(21)7-1-3-15-9(5-7)10-6-8(2-4-16-10)12(22)18-20-14/h1-6H. The van der Waals surface area contributed by atoms with E-state index in [9.17, 15) is 9.59 Å². The first-order chi connectivity index (χ1) is 10.7. The fourth-order valence-electron chi connectivity index (χ4n) is 1.60. The molecule has 106 valence electrons. The highest BCUT2D eigenvalue weighted by Crippen LogP contribution is 2.17. The second-order valence-electron chi connectivity index (χ2n) is 3.85. The van der Waals surface area contributed by atoms with Gasteiger partial charge in [-0.05, 0) is 45.6 Å². The summed E-state index contributed by atoms with van der Waals surface area (Å²) in [4.78, 5) is 35.9. The van der Waals surface area contributed by atoms with Crippen molar-refractivity contribution in [3.05, 3.63) is 68.7 Å². The van der Waals surface area contributed by atoms with Gasteiger partial charge in [0.05, 0.1) is 11.4 Å². The normalized spacial score (nSPS) is 9.27. The fourth-order valence-corrected chi connectivity index (χ4v) is 1.60. The third-order valence-electron chi connectivity index (χ3n) is 2.55. The molecule has 0 fully saturated rings. The molecule has 0 aliphatic heterocycles. The smallest absolute Gasteiger partial charge is 0.249 e. The van der Waals surface area contributed by atoms with Crippen molar-refractivity contribution in [2.45, 2.75) is 0 Å². The van der Waals surface area contributed by atoms with Crippen molar-refractivity contribution in [1.82, 2.24) is 9.97 Å². The van der Waals surface area contributed by atoms with Crippen LogP contribution in [0.4, 0.5) is 0 Å². The minimum atomic E-state index is -0.757. The molecule has 0 radical (unpaired) electrons. The van der Waals surface area contributed by atoms with Crippen LogP contribution < -0.4 is 0 Å². The predicted molar refractivity (Wildman–Crippen MR) is 74.4 cm³/mol. The van der Waals surface area contributed by atoms with Crippen LogP contribution in [-0.4, -0.2) is 21.8 Å². The molecule has 2 aromatic rings. The van der Waals surface area contributed by atoms with E-state index in [-0.39, 0.29) is 11.1 Å². The molecule has 0 saturated carbocycles. The van der Waals surface area contributed by atoms with Crippen LogP contribution in [0.25, 0.3) is 32.3 Å². The maximum Gasteiger partial charge on any atom is 0.249 e. The van der Waals surface area contributed by atoms with Gasteiger partial charge in [0.2, 0.25) is 11.8 Å². The Labute approximate surface area is 122 Å². The number of pyridine rings is 2. The summed E-state index contributed by atoms with van der Waals surface area (Å²) in [5, 5.41) is 5.97. The first-order valence-corrected chi connectivity index (χ1v) is 5.77. The molecule has 0 N–H and O–H groups in total. The van der Waals surface area contributed by atoms with Gasteiger partial charge in [-0.2, -0.15) is 0 Å². The largest absolute Gasteiger partial charge is 0.287 e. The Hall–Kier alpha value is -3.74. The number of hydrogen-bond donors (Lipinski definition) is 0. The van der Waals surface area contributed by atoms with Crippen molar-refractivity contribution in [2.24, 2.45) is 10.2 Å². The van der Waals surface area contributed by atoms with E-state index in [1.807, 2.05) is 0 Å². The van der Waals surface area contributed by atoms with E-state index in [4.69, 9.17) is 11.1 Å². The van der Waals surface area contributed by atoms with Crippen LogP contribution in [-0.2, 0) is 0 Å². The SMILES string of the molecule is [N-]=[N+]=NC(=O)c1ccnc(-c2cc(C(=O)N=[N+]=[N-])ccn2)c1. The summed E-state index contributed by atoms with van der Waals surface area (Å²) in [5.41, 5.74) is 17.4. The number of nitrogens with zero attached hydrogens (tertiary/aromatic N) is 8. The van der Waals surface area contributed by atoms with Crippen molar-refractivity contribution in [1.29, 1.82) is 0 Å². The highest BCUT2D eigenvalue weighted by molar-refractivity contribution is 5.97. The molecule has 2 amide bonds. The van der Waals surface area contributed by atoms with E-state index in [1.54, 1.807) is 0 Å². The number of azide groups is 2. The van der Waals surface area contributed by atoms with E-state index in [1.165, 1.54) is 36.7 Å². The minimum absolute atomic E-state index is 0.136. The lowest BCUT2D eigenvalue weighted by Gasteiger charge is -2.03. The van der Waals surface area contributed by atoms with E-state index in [0.717, 1.165) is 0 Å². The Kier molecular flexibility index (Phi) is 4.41. The average Bonchev–Trinajstić information content (AvgIpc) is 2.55. The zero-order valence-electron chi connectivity index (χ0n) is 10.9. The molecule has 0 aliphatic carbocycles.